The van der Waals surface area contributed by atoms with Crippen molar-refractivity contribution >= 4 is 48.4 Å². The summed E-state index contributed by atoms with van der Waals surface area (Å²) < 4.78 is 57.2. The van der Waals surface area contributed by atoms with Crippen LogP contribution in [0.15, 0.2) is 72.4 Å². The lowest BCUT2D eigenvalue weighted by Crippen LogP contribution is -2.50. The number of Topliss-reactive ketones (excluding diaryl/α,β-unsaturated/α-hetero) is 1. The number of anilines is 1. The minimum absolute atomic E-state index is 0.0120. The largest absolute Gasteiger partial charge is 0.477 e. The number of allylic oxidation sites excluding steroid dienone is 4. The lowest BCUT2D eigenvalue weighted by Gasteiger charge is -2.42. The van der Waals surface area contributed by atoms with Crippen molar-refractivity contribution in [2.24, 2.45) is 17.3 Å². The molecular weight excluding hydrogens is 991 g/mol. The van der Waals surface area contributed by atoms with Gasteiger partial charge in [0.1, 0.15) is 40.8 Å². The molecule has 1 aliphatic heterocycles. The van der Waals surface area contributed by atoms with Crippen molar-refractivity contribution in [1.29, 1.82) is 0 Å². The highest BCUT2D eigenvalue weighted by Crippen LogP contribution is 2.48. The van der Waals surface area contributed by atoms with E-state index in [0.29, 0.717) is 54.8 Å². The first kappa shape index (κ1) is 58.8. The van der Waals surface area contributed by atoms with Crippen LogP contribution in [0.5, 0.6) is 5.75 Å². The number of nitrogens with zero attached hydrogens (tertiary/aromatic N) is 1. The number of amides is 1. The van der Waals surface area contributed by atoms with E-state index in [9.17, 15) is 39.1 Å². The first-order valence-electron chi connectivity index (χ1n) is 25.9. The van der Waals surface area contributed by atoms with Crippen molar-refractivity contribution in [2.75, 3.05) is 18.1 Å². The van der Waals surface area contributed by atoms with Gasteiger partial charge in [0.05, 0.1) is 47.5 Å². The summed E-state index contributed by atoms with van der Waals surface area (Å²) in [5.74, 6) is 3.43. The fourth-order valence-electron chi connectivity index (χ4n) is 9.79. The van der Waals surface area contributed by atoms with E-state index in [4.69, 9.17) is 23.3 Å². The third-order valence-corrected chi connectivity index (χ3v) is 16.6. The molecule has 0 spiro atoms. The molecule has 8 atom stereocenters. The van der Waals surface area contributed by atoms with Crippen LogP contribution in [0.1, 0.15) is 147 Å². The monoisotopic (exact) mass is 1070 g/mol. The summed E-state index contributed by atoms with van der Waals surface area (Å²) >= 11 is 1.14. The smallest absolute Gasteiger partial charge is 0.459 e. The Morgan fingerprint density at radius 2 is 1.76 bits per heavy atom. The maximum atomic E-state index is 15.6. The number of rotatable bonds is 17. The zero-order chi connectivity index (χ0) is 54.2. The molecule has 1 amide bonds. The van der Waals surface area contributed by atoms with Gasteiger partial charge in [-0.25, -0.2) is 13.8 Å². The highest BCUT2D eigenvalue weighted by molar-refractivity contribution is 7.52. The zero-order valence-corrected chi connectivity index (χ0v) is 45.8. The molecule has 0 bridgehead atoms. The van der Waals surface area contributed by atoms with Gasteiger partial charge < -0.3 is 39.0 Å². The van der Waals surface area contributed by atoms with Crippen LogP contribution in [-0.4, -0.2) is 106 Å². The number of nitrogens with one attached hydrogen (secondary N) is 1. The van der Waals surface area contributed by atoms with E-state index in [1.807, 2.05) is 20.8 Å². The van der Waals surface area contributed by atoms with Gasteiger partial charge in [0, 0.05) is 23.8 Å². The molecular formula is C56H76FN2O13PS. The molecule has 3 fully saturated rings. The molecule has 1 saturated heterocycles. The van der Waals surface area contributed by atoms with Gasteiger partial charge in [-0.1, -0.05) is 73.3 Å². The average molecular weight is 1070 g/mol. The van der Waals surface area contributed by atoms with Gasteiger partial charge in [0.15, 0.2) is 5.67 Å². The molecule has 4 aliphatic carbocycles. The SMILES string of the molecule is C=C1C=CC([C@@H]2O[C@H](CO[P@@](=O)(N[C@@H](C)C(=O)OC(C)C)Oc3ccccc3)[C@@H](O)[C@@]2(C)F)C(=O)C1.CC1=CC[C@H](C(=O)N(c2cc(C#CC(C)(C)C)sc2C(=O)O)C2CCC(O)(COC3CCCC3)CC2)CC1. The van der Waals surface area contributed by atoms with Crippen molar-refractivity contribution in [3.63, 3.8) is 0 Å². The zero-order valence-electron chi connectivity index (χ0n) is 44.1. The first-order chi connectivity index (χ1) is 34.8. The molecule has 406 valence electrons. The van der Waals surface area contributed by atoms with E-state index < -0.39 is 73.9 Å². The molecule has 4 N–H and O–H groups in total. The fraction of sp³-hybridized carbons (Fsp3) is 0.607. The fourth-order valence-corrected chi connectivity index (χ4v) is 12.1. The number of hydrogen-bond acceptors (Lipinski definition) is 13. The second-order valence-electron chi connectivity index (χ2n) is 21.9. The van der Waals surface area contributed by atoms with E-state index >= 15 is 4.39 Å². The number of para-hydroxylation sites is 1. The number of carbonyl (C=O) groups is 4. The maximum Gasteiger partial charge on any atom is 0.459 e. The van der Waals surface area contributed by atoms with Crippen molar-refractivity contribution in [1.82, 2.24) is 5.09 Å². The predicted octanol–water partition coefficient (Wildman–Crippen LogP) is 10.2. The minimum atomic E-state index is -4.24. The number of aromatic carboxylic acids is 1. The normalized spacial score (nSPS) is 28.5. The Bertz CT molecular complexity index is 2490. The molecule has 2 heterocycles. The Labute approximate surface area is 439 Å². The van der Waals surface area contributed by atoms with Crippen LogP contribution >= 0.6 is 19.1 Å². The Balaban J connectivity index is 0.000000241. The molecule has 5 aliphatic rings. The molecule has 0 radical (unpaired) electrons. The van der Waals surface area contributed by atoms with Crippen molar-refractivity contribution < 1.29 is 66.7 Å². The minimum Gasteiger partial charge on any atom is -0.477 e. The number of ether oxygens (including phenoxy) is 3. The number of carbonyl (C=O) groups excluding carboxylic acids is 3. The number of halogens is 1. The van der Waals surface area contributed by atoms with Crippen LogP contribution in [0.25, 0.3) is 0 Å². The summed E-state index contributed by atoms with van der Waals surface area (Å²) in [7, 11) is -4.24. The van der Waals surface area contributed by atoms with Crippen molar-refractivity contribution in [3.8, 4) is 17.6 Å². The molecule has 15 nitrogen and oxygen atoms in total. The number of benzene rings is 1. The molecule has 2 aromatic rings. The van der Waals surface area contributed by atoms with Crippen LogP contribution in [-0.2, 0) is 37.7 Å². The third kappa shape index (κ3) is 15.8. The van der Waals surface area contributed by atoms with Gasteiger partial charge in [-0.3, -0.25) is 18.9 Å². The number of thiophene rings is 1. The Morgan fingerprint density at radius 1 is 1.08 bits per heavy atom. The highest BCUT2D eigenvalue weighted by atomic mass is 32.1. The van der Waals surface area contributed by atoms with Gasteiger partial charge in [0.25, 0.3) is 0 Å². The molecule has 1 aromatic heterocycles. The molecule has 74 heavy (non-hydrogen) atoms. The van der Waals surface area contributed by atoms with Crippen LogP contribution < -0.4 is 14.5 Å². The second kappa shape index (κ2) is 25.1. The molecule has 1 unspecified atom stereocenters. The van der Waals surface area contributed by atoms with E-state index in [1.165, 1.54) is 31.4 Å². The lowest BCUT2D eigenvalue weighted by atomic mass is 9.80. The summed E-state index contributed by atoms with van der Waals surface area (Å²) in [6, 6.07) is 8.67. The average Bonchev–Trinajstić information content (AvgIpc) is 4.07. The number of ketones is 1. The summed E-state index contributed by atoms with van der Waals surface area (Å²) in [5, 5.41) is 34.5. The number of alkyl halides is 1. The highest BCUT2D eigenvalue weighted by Gasteiger charge is 2.58. The molecule has 7 rings (SSSR count). The number of aliphatic hydroxyl groups excluding tert-OH is 1. The van der Waals surface area contributed by atoms with E-state index in [1.54, 1.807) is 61.2 Å². The van der Waals surface area contributed by atoms with Crippen LogP contribution in [0, 0.1) is 29.1 Å². The van der Waals surface area contributed by atoms with Crippen molar-refractivity contribution in [3.05, 3.63) is 82.1 Å². The number of aliphatic hydroxyl groups is 2. The summed E-state index contributed by atoms with van der Waals surface area (Å²) in [5.41, 5.74) is -1.05. The predicted molar refractivity (Wildman–Crippen MR) is 282 cm³/mol. The Hall–Kier alpha value is -4.50. The topological polar surface area (TPSA) is 207 Å². The van der Waals surface area contributed by atoms with Crippen LogP contribution in [0.3, 0.4) is 0 Å². The Morgan fingerprint density at radius 3 is 2.35 bits per heavy atom. The summed E-state index contributed by atoms with van der Waals surface area (Å²) in [6.45, 7) is 17.6. The summed E-state index contributed by atoms with van der Waals surface area (Å²) in [6.07, 6.45) is 10.1. The number of carboxylic acids is 1. The number of esters is 1. The molecule has 1 aromatic carbocycles. The van der Waals surface area contributed by atoms with Crippen molar-refractivity contribution in [2.45, 2.75) is 186 Å². The van der Waals surface area contributed by atoms with Gasteiger partial charge in [-0.05, 0) is 137 Å². The van der Waals surface area contributed by atoms with Gasteiger partial charge in [0.2, 0.25) is 5.91 Å². The quantitative estimate of drug-likeness (QED) is 0.0503. The van der Waals surface area contributed by atoms with Crippen LogP contribution in [0.4, 0.5) is 10.1 Å². The van der Waals surface area contributed by atoms with Gasteiger partial charge >= 0.3 is 19.7 Å². The first-order valence-corrected chi connectivity index (χ1v) is 28.2. The lowest BCUT2D eigenvalue weighted by molar-refractivity contribution is -0.149. The van der Waals surface area contributed by atoms with Gasteiger partial charge in [-0.15, -0.1) is 11.3 Å². The third-order valence-electron chi connectivity index (χ3n) is 14.0. The molecule has 2 saturated carbocycles. The summed E-state index contributed by atoms with van der Waals surface area (Å²) in [4.78, 5) is 53.7. The Kier molecular flexibility index (Phi) is 19.9. The number of carboxylic acid groups (broad SMARTS) is 1. The van der Waals surface area contributed by atoms with E-state index in [2.05, 4.69) is 36.5 Å². The van der Waals surface area contributed by atoms with E-state index in [0.717, 1.165) is 43.9 Å². The second-order valence-corrected chi connectivity index (χ2v) is 24.7. The van der Waals surface area contributed by atoms with Crippen LogP contribution in [0.2, 0.25) is 0 Å². The number of hydrogen-bond donors (Lipinski definition) is 4. The van der Waals surface area contributed by atoms with E-state index in [-0.39, 0.29) is 52.2 Å². The maximum absolute atomic E-state index is 15.6. The van der Waals surface area contributed by atoms with Gasteiger partial charge in [-0.2, -0.15) is 5.09 Å². The molecule has 18 heteroatoms. The standard InChI is InChI=1S/C31H43NO5S.C25H33FNO8P/c1-21-9-11-22(12-10-21)28(33)32(26-19-25(15-16-30(2,3)4)38-27(26)29(34)35)23-13-17-31(36,18-14-23)20-37-24-7-5-6-8-24;1-15(2)33-24(30)17(4)27-36(31,35-18-9-7-6-8-10-18)32-14-21-22(29)25(5,26)23(34-21)19-12-11-16(3)13-20(19)28/h9,19,22-24,36H,5-8,10-14,17-18,20H2,1-4H3,(H,34,35);6-12,15,17,19,21-23,29H,3,13-14H2,1-2,4-5H3,(H,27,31)/t22-,23?,31?;17-,19?,21+,22+,23-,25+,36-/m00/s1.